The van der Waals surface area contributed by atoms with Gasteiger partial charge in [0, 0.05) is 18.0 Å². The lowest BCUT2D eigenvalue weighted by molar-refractivity contribution is 0.870. The van der Waals surface area contributed by atoms with Crippen molar-refractivity contribution in [3.8, 4) is 16.9 Å². The number of nitrogens with one attached hydrogen (secondary N) is 1. The summed E-state index contributed by atoms with van der Waals surface area (Å²) in [5.74, 6) is 0. The highest BCUT2D eigenvalue weighted by molar-refractivity contribution is 5.68. The number of benzene rings is 1. The third kappa shape index (κ3) is 2.07. The van der Waals surface area contributed by atoms with E-state index in [2.05, 4.69) is 15.1 Å². The largest absolute Gasteiger partial charge is 0.337 e. The van der Waals surface area contributed by atoms with Crippen LogP contribution in [0.3, 0.4) is 0 Å². The highest BCUT2D eigenvalue weighted by Crippen LogP contribution is 2.22. The van der Waals surface area contributed by atoms with Crippen LogP contribution in [-0.2, 0) is 6.42 Å². The zero-order valence-electron chi connectivity index (χ0n) is 12.6. The minimum atomic E-state index is -0.0912. The molecule has 0 fully saturated rings. The minimum absolute atomic E-state index is 0.0912. The summed E-state index contributed by atoms with van der Waals surface area (Å²) in [5, 5.41) is 4.24. The SMILES string of the molecule is CCc1c(-c2ccccc2)[nH]c2c(-n3ccnc3)cnn2c1=O. The predicted molar refractivity (Wildman–Crippen MR) is 87.7 cm³/mol. The van der Waals surface area contributed by atoms with E-state index in [-0.39, 0.29) is 5.56 Å². The Labute approximate surface area is 132 Å². The normalized spacial score (nSPS) is 11.2. The first kappa shape index (κ1) is 13.5. The summed E-state index contributed by atoms with van der Waals surface area (Å²) in [6, 6.07) is 9.87. The van der Waals surface area contributed by atoms with E-state index < -0.39 is 0 Å². The summed E-state index contributed by atoms with van der Waals surface area (Å²) in [5.41, 5.74) is 3.91. The number of hydrogen-bond donors (Lipinski definition) is 1. The Morgan fingerprint density at radius 1 is 1.22 bits per heavy atom. The fourth-order valence-electron chi connectivity index (χ4n) is 2.81. The fraction of sp³-hybridized carbons (Fsp3) is 0.118. The van der Waals surface area contributed by atoms with Gasteiger partial charge in [0.25, 0.3) is 5.56 Å². The monoisotopic (exact) mass is 305 g/mol. The van der Waals surface area contributed by atoms with Crippen LogP contribution < -0.4 is 5.56 Å². The van der Waals surface area contributed by atoms with Crippen LogP contribution in [0.25, 0.3) is 22.6 Å². The van der Waals surface area contributed by atoms with Gasteiger partial charge in [0.05, 0.1) is 18.2 Å². The van der Waals surface area contributed by atoms with Crippen LogP contribution in [-0.4, -0.2) is 24.1 Å². The molecule has 0 aliphatic heterocycles. The van der Waals surface area contributed by atoms with Gasteiger partial charge in [0.2, 0.25) is 0 Å². The lowest BCUT2D eigenvalue weighted by Gasteiger charge is -2.09. The number of aromatic nitrogens is 5. The van der Waals surface area contributed by atoms with E-state index >= 15 is 0 Å². The standard InChI is InChI=1S/C17H15N5O/c1-2-13-15(12-6-4-3-5-7-12)20-16-14(21-9-8-18-11-21)10-19-22(16)17(13)23/h3-11,20H,2H2,1H3. The molecule has 114 valence electrons. The number of H-pyrrole nitrogens is 1. The van der Waals surface area contributed by atoms with Gasteiger partial charge < -0.3 is 9.55 Å². The van der Waals surface area contributed by atoms with E-state index in [0.29, 0.717) is 12.1 Å². The number of hydrogen-bond acceptors (Lipinski definition) is 3. The quantitative estimate of drug-likeness (QED) is 0.632. The van der Waals surface area contributed by atoms with E-state index in [0.717, 1.165) is 22.5 Å². The zero-order chi connectivity index (χ0) is 15.8. The Morgan fingerprint density at radius 3 is 2.74 bits per heavy atom. The second-order valence-corrected chi connectivity index (χ2v) is 5.26. The Kier molecular flexibility index (Phi) is 3.08. The van der Waals surface area contributed by atoms with Crippen LogP contribution in [0.15, 0.2) is 60.0 Å². The molecule has 0 radical (unpaired) electrons. The second kappa shape index (κ2) is 5.24. The molecule has 3 aromatic heterocycles. The molecule has 4 aromatic rings. The highest BCUT2D eigenvalue weighted by atomic mass is 16.1. The van der Waals surface area contributed by atoms with Crippen molar-refractivity contribution in [2.75, 3.05) is 0 Å². The van der Waals surface area contributed by atoms with E-state index in [9.17, 15) is 4.79 Å². The Morgan fingerprint density at radius 2 is 2.04 bits per heavy atom. The van der Waals surface area contributed by atoms with Crippen LogP contribution in [0.4, 0.5) is 0 Å². The van der Waals surface area contributed by atoms with Crippen molar-refractivity contribution in [1.29, 1.82) is 0 Å². The topological polar surface area (TPSA) is 68.0 Å². The van der Waals surface area contributed by atoms with E-state index in [1.165, 1.54) is 4.52 Å². The Bertz CT molecular complexity index is 1010. The van der Waals surface area contributed by atoms with Gasteiger partial charge in [-0.2, -0.15) is 9.61 Å². The van der Waals surface area contributed by atoms with Crippen LogP contribution in [0.2, 0.25) is 0 Å². The van der Waals surface area contributed by atoms with E-state index in [4.69, 9.17) is 0 Å². The molecule has 0 saturated heterocycles. The maximum absolute atomic E-state index is 12.8. The molecule has 3 heterocycles. The lowest BCUT2D eigenvalue weighted by Crippen LogP contribution is -2.21. The predicted octanol–water partition coefficient (Wildman–Crippen LogP) is 2.44. The van der Waals surface area contributed by atoms with Gasteiger partial charge in [-0.3, -0.25) is 4.79 Å². The molecule has 0 spiro atoms. The molecule has 0 amide bonds. The van der Waals surface area contributed by atoms with Crippen LogP contribution in [0, 0.1) is 0 Å². The molecule has 0 aliphatic rings. The summed E-state index contributed by atoms with van der Waals surface area (Å²) >= 11 is 0. The van der Waals surface area contributed by atoms with Gasteiger partial charge in [-0.15, -0.1) is 0 Å². The number of imidazole rings is 1. The highest BCUT2D eigenvalue weighted by Gasteiger charge is 2.16. The molecular formula is C17H15N5O. The smallest absolute Gasteiger partial charge is 0.278 e. The first-order chi connectivity index (χ1) is 11.3. The third-order valence-corrected chi connectivity index (χ3v) is 3.94. The van der Waals surface area contributed by atoms with Crippen LogP contribution in [0.5, 0.6) is 0 Å². The maximum Gasteiger partial charge on any atom is 0.278 e. The molecule has 0 atom stereocenters. The van der Waals surface area contributed by atoms with Gasteiger partial charge in [-0.05, 0) is 12.0 Å². The molecule has 6 heteroatoms. The molecule has 1 aromatic carbocycles. The van der Waals surface area contributed by atoms with Crippen molar-refractivity contribution in [2.24, 2.45) is 0 Å². The first-order valence-electron chi connectivity index (χ1n) is 7.46. The molecule has 0 unspecified atom stereocenters. The second-order valence-electron chi connectivity index (χ2n) is 5.26. The van der Waals surface area contributed by atoms with Gasteiger partial charge in [0.1, 0.15) is 5.69 Å². The van der Waals surface area contributed by atoms with Crippen molar-refractivity contribution < 1.29 is 0 Å². The molecule has 23 heavy (non-hydrogen) atoms. The van der Waals surface area contributed by atoms with Gasteiger partial charge in [-0.25, -0.2) is 4.98 Å². The molecule has 6 nitrogen and oxygen atoms in total. The van der Waals surface area contributed by atoms with Gasteiger partial charge in [0.15, 0.2) is 5.65 Å². The molecule has 0 aliphatic carbocycles. The Balaban J connectivity index is 2.06. The summed E-state index contributed by atoms with van der Waals surface area (Å²) in [4.78, 5) is 20.2. The average Bonchev–Trinajstić information content (AvgIpc) is 3.24. The first-order valence-corrected chi connectivity index (χ1v) is 7.46. The van der Waals surface area contributed by atoms with Crippen molar-refractivity contribution >= 4 is 5.65 Å². The summed E-state index contributed by atoms with van der Waals surface area (Å²) in [6.07, 6.45) is 7.51. The lowest BCUT2D eigenvalue weighted by atomic mass is 10.1. The van der Waals surface area contributed by atoms with Crippen molar-refractivity contribution in [2.45, 2.75) is 13.3 Å². The Hall–Kier alpha value is -3.15. The molecule has 1 N–H and O–H groups in total. The van der Waals surface area contributed by atoms with E-state index in [1.54, 1.807) is 18.7 Å². The molecular weight excluding hydrogens is 290 g/mol. The van der Waals surface area contributed by atoms with Crippen molar-refractivity contribution in [1.82, 2.24) is 24.1 Å². The molecule has 0 saturated carbocycles. The average molecular weight is 305 g/mol. The molecule has 4 rings (SSSR count). The number of aromatic amines is 1. The number of fused-ring (bicyclic) bond motifs is 1. The maximum atomic E-state index is 12.8. The third-order valence-electron chi connectivity index (χ3n) is 3.94. The number of rotatable bonds is 3. The zero-order valence-corrected chi connectivity index (χ0v) is 12.6. The van der Waals surface area contributed by atoms with Gasteiger partial charge >= 0.3 is 0 Å². The van der Waals surface area contributed by atoms with Crippen LogP contribution in [0.1, 0.15) is 12.5 Å². The van der Waals surface area contributed by atoms with Crippen molar-refractivity contribution in [3.63, 3.8) is 0 Å². The minimum Gasteiger partial charge on any atom is -0.337 e. The summed E-state index contributed by atoms with van der Waals surface area (Å²) < 4.78 is 3.25. The van der Waals surface area contributed by atoms with Crippen LogP contribution >= 0.6 is 0 Å². The number of nitrogens with zero attached hydrogens (tertiary/aromatic N) is 4. The van der Waals surface area contributed by atoms with Crippen molar-refractivity contribution in [3.05, 3.63) is 71.2 Å². The summed E-state index contributed by atoms with van der Waals surface area (Å²) in [7, 11) is 0. The summed E-state index contributed by atoms with van der Waals surface area (Å²) in [6.45, 7) is 1.98. The fourth-order valence-corrected chi connectivity index (χ4v) is 2.81. The molecule has 0 bridgehead atoms. The van der Waals surface area contributed by atoms with Gasteiger partial charge in [-0.1, -0.05) is 37.3 Å². The van der Waals surface area contributed by atoms with E-state index in [1.807, 2.05) is 48.0 Å².